The molecule has 2 heteroatoms. The number of hydrogen-bond donors (Lipinski definition) is 1. The van der Waals surface area contributed by atoms with Crippen molar-refractivity contribution in [3.63, 3.8) is 0 Å². The molecule has 0 aliphatic heterocycles. The van der Waals surface area contributed by atoms with Crippen molar-refractivity contribution in [3.8, 4) is 5.75 Å². The molecular weight excluding hydrogens is 222 g/mol. The summed E-state index contributed by atoms with van der Waals surface area (Å²) in [5.74, 6) is 0.315. The summed E-state index contributed by atoms with van der Waals surface area (Å²) in [6.45, 7) is 2.93. The van der Waals surface area contributed by atoms with E-state index < -0.39 is 0 Å². The highest BCUT2D eigenvalue weighted by atomic mass is 16.3. The standard InChI is InChI=1S/C16H15NO/c1-12-9-14-7-8-15(18)10-16(14)17(12)11-13-5-3-2-4-6-13/h2-10,18H,11H2,1H3. The third-order valence-electron chi connectivity index (χ3n) is 3.28. The maximum atomic E-state index is 9.62. The molecule has 3 rings (SSSR count). The number of aromatic nitrogens is 1. The van der Waals surface area contributed by atoms with Gasteiger partial charge in [0.15, 0.2) is 0 Å². The maximum absolute atomic E-state index is 9.62. The number of fused-ring (bicyclic) bond motifs is 1. The number of aryl methyl sites for hydroxylation is 1. The van der Waals surface area contributed by atoms with Crippen molar-refractivity contribution in [3.05, 3.63) is 65.9 Å². The fourth-order valence-electron chi connectivity index (χ4n) is 2.36. The van der Waals surface area contributed by atoms with Gasteiger partial charge in [0.2, 0.25) is 0 Å². The Bertz CT molecular complexity index is 683. The van der Waals surface area contributed by atoms with Crippen LogP contribution in [-0.2, 0) is 6.54 Å². The number of benzene rings is 2. The summed E-state index contributed by atoms with van der Waals surface area (Å²) >= 11 is 0. The van der Waals surface area contributed by atoms with Gasteiger partial charge in [-0.1, -0.05) is 30.3 Å². The maximum Gasteiger partial charge on any atom is 0.117 e. The van der Waals surface area contributed by atoms with Crippen LogP contribution in [0.3, 0.4) is 0 Å². The van der Waals surface area contributed by atoms with E-state index in [1.54, 1.807) is 6.07 Å². The van der Waals surface area contributed by atoms with Crippen molar-refractivity contribution in [2.24, 2.45) is 0 Å². The third kappa shape index (κ3) is 1.86. The molecule has 0 bridgehead atoms. The number of rotatable bonds is 2. The van der Waals surface area contributed by atoms with Crippen LogP contribution in [0, 0.1) is 6.92 Å². The third-order valence-corrected chi connectivity index (χ3v) is 3.28. The average Bonchev–Trinajstić information content (AvgIpc) is 2.67. The average molecular weight is 237 g/mol. The van der Waals surface area contributed by atoms with E-state index in [9.17, 15) is 5.11 Å². The highest BCUT2D eigenvalue weighted by Crippen LogP contribution is 2.24. The predicted octanol–water partition coefficient (Wildman–Crippen LogP) is 3.70. The van der Waals surface area contributed by atoms with Gasteiger partial charge in [0.1, 0.15) is 5.75 Å². The van der Waals surface area contributed by atoms with E-state index in [-0.39, 0.29) is 0 Å². The first-order valence-electron chi connectivity index (χ1n) is 6.07. The van der Waals surface area contributed by atoms with Gasteiger partial charge in [-0.05, 0) is 30.7 Å². The molecule has 0 radical (unpaired) electrons. The van der Waals surface area contributed by atoms with E-state index in [4.69, 9.17) is 0 Å². The van der Waals surface area contributed by atoms with Crippen LogP contribution in [0.5, 0.6) is 5.75 Å². The lowest BCUT2D eigenvalue weighted by Gasteiger charge is -2.08. The SMILES string of the molecule is Cc1cc2ccc(O)cc2n1Cc1ccccc1. The van der Waals surface area contributed by atoms with Crippen LogP contribution in [-0.4, -0.2) is 9.67 Å². The van der Waals surface area contributed by atoms with E-state index in [1.165, 1.54) is 16.6 Å². The summed E-state index contributed by atoms with van der Waals surface area (Å²) in [4.78, 5) is 0. The number of phenolic OH excluding ortho intramolecular Hbond substituents is 1. The first-order chi connectivity index (χ1) is 8.74. The van der Waals surface area contributed by atoms with Crippen LogP contribution in [0.4, 0.5) is 0 Å². The normalized spacial score (nSPS) is 10.9. The van der Waals surface area contributed by atoms with E-state index in [0.29, 0.717) is 5.75 Å². The van der Waals surface area contributed by atoms with Gasteiger partial charge in [0.25, 0.3) is 0 Å². The number of aromatic hydroxyl groups is 1. The molecule has 0 spiro atoms. The Labute approximate surface area is 106 Å². The molecule has 0 saturated carbocycles. The molecule has 1 heterocycles. The van der Waals surface area contributed by atoms with Crippen LogP contribution >= 0.6 is 0 Å². The lowest BCUT2D eigenvalue weighted by Crippen LogP contribution is -2.00. The molecule has 0 unspecified atom stereocenters. The fraction of sp³-hybridized carbons (Fsp3) is 0.125. The van der Waals surface area contributed by atoms with E-state index in [0.717, 1.165) is 12.1 Å². The molecule has 0 fully saturated rings. The van der Waals surface area contributed by atoms with Crippen molar-refractivity contribution in [2.45, 2.75) is 13.5 Å². The number of phenols is 1. The molecule has 0 atom stereocenters. The van der Waals surface area contributed by atoms with Crippen molar-refractivity contribution < 1.29 is 5.11 Å². The van der Waals surface area contributed by atoms with Gasteiger partial charge in [0.05, 0.1) is 5.52 Å². The zero-order valence-corrected chi connectivity index (χ0v) is 10.3. The Hall–Kier alpha value is -2.22. The van der Waals surface area contributed by atoms with Crippen molar-refractivity contribution in [2.75, 3.05) is 0 Å². The zero-order valence-electron chi connectivity index (χ0n) is 10.3. The Morgan fingerprint density at radius 3 is 2.56 bits per heavy atom. The summed E-state index contributed by atoms with van der Waals surface area (Å²) in [5.41, 5.74) is 3.55. The largest absolute Gasteiger partial charge is 0.508 e. The molecule has 0 aliphatic rings. The molecule has 3 aromatic rings. The summed E-state index contributed by atoms with van der Waals surface area (Å²) < 4.78 is 2.23. The summed E-state index contributed by atoms with van der Waals surface area (Å²) in [5, 5.41) is 10.8. The highest BCUT2D eigenvalue weighted by Gasteiger charge is 2.06. The monoisotopic (exact) mass is 237 g/mol. The molecular formula is C16H15NO. The van der Waals surface area contributed by atoms with Gasteiger partial charge >= 0.3 is 0 Å². The van der Waals surface area contributed by atoms with Crippen molar-refractivity contribution in [1.29, 1.82) is 0 Å². The lowest BCUT2D eigenvalue weighted by atomic mass is 10.2. The second-order valence-corrected chi connectivity index (χ2v) is 4.60. The van der Waals surface area contributed by atoms with Gasteiger partial charge < -0.3 is 9.67 Å². The van der Waals surface area contributed by atoms with Gasteiger partial charge in [-0.15, -0.1) is 0 Å². The minimum Gasteiger partial charge on any atom is -0.508 e. The summed E-state index contributed by atoms with van der Waals surface area (Å²) in [6, 6.07) is 18.0. The minimum atomic E-state index is 0.315. The van der Waals surface area contributed by atoms with Gasteiger partial charge in [-0.2, -0.15) is 0 Å². The fourth-order valence-corrected chi connectivity index (χ4v) is 2.36. The van der Waals surface area contributed by atoms with Gasteiger partial charge in [-0.25, -0.2) is 0 Å². The van der Waals surface area contributed by atoms with Crippen LogP contribution in [0.1, 0.15) is 11.3 Å². The van der Waals surface area contributed by atoms with Crippen LogP contribution in [0.25, 0.3) is 10.9 Å². The molecule has 1 N–H and O–H groups in total. The van der Waals surface area contributed by atoms with Crippen LogP contribution < -0.4 is 0 Å². The molecule has 2 aromatic carbocycles. The quantitative estimate of drug-likeness (QED) is 0.722. The van der Waals surface area contributed by atoms with Crippen molar-refractivity contribution in [1.82, 2.24) is 4.57 Å². The zero-order chi connectivity index (χ0) is 12.5. The predicted molar refractivity (Wildman–Crippen MR) is 73.9 cm³/mol. The molecule has 0 amide bonds. The molecule has 90 valence electrons. The molecule has 1 aromatic heterocycles. The Morgan fingerprint density at radius 2 is 1.78 bits per heavy atom. The van der Waals surface area contributed by atoms with Crippen LogP contribution in [0.2, 0.25) is 0 Å². The summed E-state index contributed by atoms with van der Waals surface area (Å²) in [6.07, 6.45) is 0. The second-order valence-electron chi connectivity index (χ2n) is 4.60. The lowest BCUT2D eigenvalue weighted by molar-refractivity contribution is 0.476. The number of hydrogen-bond acceptors (Lipinski definition) is 1. The Kier molecular flexibility index (Phi) is 2.56. The molecule has 0 aliphatic carbocycles. The van der Waals surface area contributed by atoms with E-state index >= 15 is 0 Å². The topological polar surface area (TPSA) is 25.2 Å². The first-order valence-corrected chi connectivity index (χ1v) is 6.07. The smallest absolute Gasteiger partial charge is 0.117 e. The minimum absolute atomic E-state index is 0.315. The van der Waals surface area contributed by atoms with Crippen LogP contribution in [0.15, 0.2) is 54.6 Å². The second kappa shape index (κ2) is 4.22. The number of nitrogens with zero attached hydrogens (tertiary/aromatic N) is 1. The summed E-state index contributed by atoms with van der Waals surface area (Å²) in [7, 11) is 0. The van der Waals surface area contributed by atoms with E-state index in [1.807, 2.05) is 30.3 Å². The van der Waals surface area contributed by atoms with Gasteiger partial charge in [-0.3, -0.25) is 0 Å². The molecule has 18 heavy (non-hydrogen) atoms. The first kappa shape index (κ1) is 10.9. The highest BCUT2D eigenvalue weighted by molar-refractivity contribution is 5.82. The molecule has 2 nitrogen and oxygen atoms in total. The molecule has 0 saturated heterocycles. The van der Waals surface area contributed by atoms with E-state index in [2.05, 4.69) is 29.7 Å². The Balaban J connectivity index is 2.11. The van der Waals surface area contributed by atoms with Crippen molar-refractivity contribution >= 4 is 10.9 Å². The Morgan fingerprint density at radius 1 is 1.00 bits per heavy atom. The van der Waals surface area contributed by atoms with Gasteiger partial charge in [0, 0.05) is 23.7 Å².